The summed E-state index contributed by atoms with van der Waals surface area (Å²) >= 11 is 1.48. The van der Waals surface area contributed by atoms with E-state index in [4.69, 9.17) is 5.73 Å². The fraction of sp³-hybridized carbons (Fsp3) is 0.429. The highest BCUT2D eigenvalue weighted by Crippen LogP contribution is 2.39. The molecule has 0 spiro atoms. The molecule has 0 amide bonds. The van der Waals surface area contributed by atoms with Crippen molar-refractivity contribution in [1.29, 1.82) is 0 Å². The smallest absolute Gasteiger partial charge is 0.147 e. The van der Waals surface area contributed by atoms with Gasteiger partial charge in [-0.2, -0.15) is 4.37 Å². The fourth-order valence-corrected chi connectivity index (χ4v) is 3.29. The van der Waals surface area contributed by atoms with Crippen molar-refractivity contribution in [2.45, 2.75) is 19.3 Å². The molecule has 0 unspecified atom stereocenters. The normalized spacial score (nSPS) is 15.2. The first-order valence-corrected chi connectivity index (χ1v) is 7.39. The average Bonchev–Trinajstić information content (AvgIpc) is 2.77. The van der Waals surface area contributed by atoms with Gasteiger partial charge in [0, 0.05) is 31.5 Å². The molecule has 0 atom stereocenters. The van der Waals surface area contributed by atoms with Crippen LogP contribution in [-0.2, 0) is 0 Å². The zero-order valence-electron chi connectivity index (χ0n) is 11.0. The van der Waals surface area contributed by atoms with Crippen molar-refractivity contribution in [3.8, 4) is 11.1 Å². The molecule has 5 heteroatoms. The van der Waals surface area contributed by atoms with Gasteiger partial charge < -0.3 is 10.6 Å². The monoisotopic (exact) mass is 274 g/mol. The Labute approximate surface area is 117 Å². The van der Waals surface area contributed by atoms with Crippen LogP contribution in [0.2, 0.25) is 0 Å². The molecule has 0 radical (unpaired) electrons. The molecule has 19 heavy (non-hydrogen) atoms. The predicted octanol–water partition coefficient (Wildman–Crippen LogP) is 3.02. The molecule has 0 aliphatic heterocycles. The van der Waals surface area contributed by atoms with Crippen LogP contribution in [-0.4, -0.2) is 22.9 Å². The van der Waals surface area contributed by atoms with Gasteiger partial charge in [-0.3, -0.25) is 4.98 Å². The molecule has 2 N–H and O–H groups in total. The minimum atomic E-state index is 0.605. The van der Waals surface area contributed by atoms with Crippen molar-refractivity contribution in [2.75, 3.05) is 24.2 Å². The van der Waals surface area contributed by atoms with E-state index < -0.39 is 0 Å². The van der Waals surface area contributed by atoms with Gasteiger partial charge in [-0.1, -0.05) is 12.5 Å². The zero-order chi connectivity index (χ0) is 13.2. The number of aromatic nitrogens is 2. The molecule has 2 aromatic rings. The Bertz CT molecular complexity index is 548. The Hall–Kier alpha value is -1.62. The van der Waals surface area contributed by atoms with Gasteiger partial charge in [-0.15, -0.1) is 0 Å². The molecule has 2 heterocycles. The van der Waals surface area contributed by atoms with E-state index in [0.717, 1.165) is 28.6 Å². The maximum absolute atomic E-state index is 6.03. The minimum absolute atomic E-state index is 0.605. The molecular weight excluding hydrogens is 256 g/mol. The van der Waals surface area contributed by atoms with Crippen LogP contribution in [0.5, 0.6) is 0 Å². The summed E-state index contributed by atoms with van der Waals surface area (Å²) in [5.41, 5.74) is 8.11. The van der Waals surface area contributed by atoms with Crippen molar-refractivity contribution in [3.63, 3.8) is 0 Å². The number of hydrogen-bond acceptors (Lipinski definition) is 5. The summed E-state index contributed by atoms with van der Waals surface area (Å²) in [7, 11) is 2.13. The first kappa shape index (κ1) is 12.4. The quantitative estimate of drug-likeness (QED) is 0.931. The van der Waals surface area contributed by atoms with E-state index in [1.165, 1.54) is 30.8 Å². The van der Waals surface area contributed by atoms with Gasteiger partial charge in [0.1, 0.15) is 10.8 Å². The Morgan fingerprint density at radius 1 is 1.47 bits per heavy atom. The molecule has 1 aliphatic rings. The SMILES string of the molecule is CN(CC1CCC1)c1snc(N)c1-c1cccnc1. The molecule has 4 nitrogen and oxygen atoms in total. The third kappa shape index (κ3) is 2.42. The fourth-order valence-electron chi connectivity index (χ4n) is 2.48. The maximum Gasteiger partial charge on any atom is 0.147 e. The second-order valence-electron chi connectivity index (χ2n) is 5.17. The summed E-state index contributed by atoms with van der Waals surface area (Å²) in [4.78, 5) is 6.47. The van der Waals surface area contributed by atoms with E-state index in [1.807, 2.05) is 18.3 Å². The highest BCUT2D eigenvalue weighted by atomic mass is 32.1. The summed E-state index contributed by atoms with van der Waals surface area (Å²) in [5.74, 6) is 1.43. The van der Waals surface area contributed by atoms with Crippen LogP contribution in [0.3, 0.4) is 0 Å². The summed E-state index contributed by atoms with van der Waals surface area (Å²) < 4.78 is 4.32. The number of pyridine rings is 1. The van der Waals surface area contributed by atoms with Crippen molar-refractivity contribution < 1.29 is 0 Å². The van der Waals surface area contributed by atoms with Gasteiger partial charge in [-0.05, 0) is 36.4 Å². The van der Waals surface area contributed by atoms with Crippen molar-refractivity contribution in [1.82, 2.24) is 9.36 Å². The average molecular weight is 274 g/mol. The third-order valence-electron chi connectivity index (χ3n) is 3.75. The van der Waals surface area contributed by atoms with Gasteiger partial charge in [0.25, 0.3) is 0 Å². The molecule has 1 saturated carbocycles. The lowest BCUT2D eigenvalue weighted by Crippen LogP contribution is -2.29. The Morgan fingerprint density at radius 3 is 2.95 bits per heavy atom. The Kier molecular flexibility index (Phi) is 3.38. The van der Waals surface area contributed by atoms with Crippen LogP contribution in [0, 0.1) is 5.92 Å². The van der Waals surface area contributed by atoms with Gasteiger partial charge in [0.05, 0.1) is 5.56 Å². The minimum Gasteiger partial charge on any atom is -0.382 e. The molecule has 100 valence electrons. The predicted molar refractivity (Wildman–Crippen MR) is 80.4 cm³/mol. The number of nitrogens with two attached hydrogens (primary N) is 1. The molecule has 1 fully saturated rings. The Morgan fingerprint density at radius 2 is 2.32 bits per heavy atom. The van der Waals surface area contributed by atoms with Crippen LogP contribution in [0.1, 0.15) is 19.3 Å². The summed E-state index contributed by atoms with van der Waals surface area (Å²) in [6.07, 6.45) is 7.69. The van der Waals surface area contributed by atoms with Crippen LogP contribution < -0.4 is 10.6 Å². The zero-order valence-corrected chi connectivity index (χ0v) is 11.9. The second-order valence-corrected chi connectivity index (χ2v) is 5.92. The van der Waals surface area contributed by atoms with Crippen LogP contribution in [0.4, 0.5) is 10.8 Å². The first-order valence-electron chi connectivity index (χ1n) is 6.62. The first-order chi connectivity index (χ1) is 9.25. The van der Waals surface area contributed by atoms with Gasteiger partial charge in [0.15, 0.2) is 0 Å². The Balaban J connectivity index is 1.89. The lowest BCUT2D eigenvalue weighted by atomic mass is 9.85. The summed E-state index contributed by atoms with van der Waals surface area (Å²) in [6, 6.07) is 3.97. The van der Waals surface area contributed by atoms with E-state index in [1.54, 1.807) is 6.20 Å². The van der Waals surface area contributed by atoms with Gasteiger partial charge >= 0.3 is 0 Å². The number of rotatable bonds is 4. The largest absolute Gasteiger partial charge is 0.382 e. The maximum atomic E-state index is 6.03. The number of anilines is 2. The van der Waals surface area contributed by atoms with Crippen molar-refractivity contribution in [3.05, 3.63) is 24.5 Å². The highest BCUT2D eigenvalue weighted by Gasteiger charge is 2.23. The standard InChI is InChI=1S/C14H18N4S/c1-18(9-10-4-2-5-10)14-12(13(15)17-19-14)11-6-3-7-16-8-11/h3,6-8,10H,2,4-5,9H2,1H3,(H2,15,17). The topological polar surface area (TPSA) is 55.0 Å². The van der Waals surface area contributed by atoms with Crippen LogP contribution >= 0.6 is 11.5 Å². The molecule has 2 aromatic heterocycles. The molecule has 0 aromatic carbocycles. The number of hydrogen-bond donors (Lipinski definition) is 1. The van der Waals surface area contributed by atoms with Crippen molar-refractivity contribution in [2.24, 2.45) is 5.92 Å². The second kappa shape index (κ2) is 5.17. The van der Waals surface area contributed by atoms with E-state index in [2.05, 4.69) is 21.3 Å². The van der Waals surface area contributed by atoms with E-state index in [9.17, 15) is 0 Å². The molecule has 0 bridgehead atoms. The number of nitrogen functional groups attached to an aromatic ring is 1. The van der Waals surface area contributed by atoms with Crippen LogP contribution in [0.15, 0.2) is 24.5 Å². The molecule has 0 saturated heterocycles. The highest BCUT2D eigenvalue weighted by molar-refractivity contribution is 7.11. The lowest BCUT2D eigenvalue weighted by Gasteiger charge is -2.30. The summed E-state index contributed by atoms with van der Waals surface area (Å²) in [6.45, 7) is 1.09. The van der Waals surface area contributed by atoms with Crippen molar-refractivity contribution >= 4 is 22.4 Å². The molecule has 3 rings (SSSR count). The van der Waals surface area contributed by atoms with Crippen LogP contribution in [0.25, 0.3) is 11.1 Å². The van der Waals surface area contributed by atoms with Gasteiger partial charge in [0.2, 0.25) is 0 Å². The molecular formula is C14H18N4S. The lowest BCUT2D eigenvalue weighted by molar-refractivity contribution is 0.322. The van der Waals surface area contributed by atoms with E-state index >= 15 is 0 Å². The van der Waals surface area contributed by atoms with E-state index in [-0.39, 0.29) is 0 Å². The summed E-state index contributed by atoms with van der Waals surface area (Å²) in [5, 5.41) is 1.15. The van der Waals surface area contributed by atoms with Gasteiger partial charge in [-0.25, -0.2) is 0 Å². The molecule has 1 aliphatic carbocycles. The van der Waals surface area contributed by atoms with E-state index in [0.29, 0.717) is 5.82 Å². The number of nitrogens with zero attached hydrogens (tertiary/aromatic N) is 3. The third-order valence-corrected chi connectivity index (χ3v) is 4.73.